The van der Waals surface area contributed by atoms with Gasteiger partial charge in [-0.15, -0.1) is 4.57 Å². The molecule has 0 aliphatic carbocycles. The second kappa shape index (κ2) is 23.1. The van der Waals surface area contributed by atoms with Gasteiger partial charge in [0.1, 0.15) is 57.6 Å². The molecule has 21 aromatic rings. The number of furan rings is 1. The molecule has 0 spiro atoms. The molecular weight excluding hydrogens is 1390 g/mol. The lowest BCUT2D eigenvalue weighted by atomic mass is 10.1. The maximum absolute atomic E-state index is 7.98. The van der Waals surface area contributed by atoms with Gasteiger partial charge in [0.15, 0.2) is 69.0 Å². The molecule has 5 aliphatic rings. The van der Waals surface area contributed by atoms with Crippen molar-refractivity contribution in [3.63, 3.8) is 0 Å². The number of nitrogens with zero attached hydrogens (tertiary/aromatic N) is 13. The van der Waals surface area contributed by atoms with Gasteiger partial charge in [-0.3, -0.25) is 24.9 Å². The van der Waals surface area contributed by atoms with Crippen LogP contribution in [0.15, 0.2) is 248 Å². The summed E-state index contributed by atoms with van der Waals surface area (Å²) >= 11 is 10.8. The number of hydrogen-bond donors (Lipinski definition) is 0. The Kier molecular flexibility index (Phi) is 12.6. The molecule has 20 heterocycles. The maximum Gasteiger partial charge on any atom is 0.395 e. The zero-order valence-corrected chi connectivity index (χ0v) is 59.7. The monoisotopic (exact) mass is 1450 g/mol. The topological polar surface area (TPSA) is 112 Å². The minimum Gasteiger partial charge on any atom is -0.402 e. The fourth-order valence-corrected chi connectivity index (χ4v) is 23.6. The van der Waals surface area contributed by atoms with E-state index in [9.17, 15) is 0 Å². The van der Waals surface area contributed by atoms with Crippen LogP contribution in [0, 0.1) is 0 Å². The van der Waals surface area contributed by atoms with Crippen molar-refractivity contribution in [2.45, 2.75) is 32.7 Å². The van der Waals surface area contributed by atoms with Crippen LogP contribution in [0.3, 0.4) is 0 Å². The Morgan fingerprint density at radius 2 is 0.728 bits per heavy atom. The molecular formula is C83H56N13OS6+5. The van der Waals surface area contributed by atoms with Crippen LogP contribution in [0.2, 0.25) is 0 Å². The number of fused-ring (bicyclic) bond motifs is 35. The van der Waals surface area contributed by atoms with Crippen LogP contribution in [0.25, 0.3) is 164 Å². The van der Waals surface area contributed by atoms with Crippen LogP contribution in [0.4, 0.5) is 0 Å². The summed E-state index contributed by atoms with van der Waals surface area (Å²) in [5.41, 5.74) is 27.9. The Morgan fingerprint density at radius 3 is 1.28 bits per heavy atom. The third kappa shape index (κ3) is 8.91. The standard InChI is InChI=1S/C21H14N3S.2C16H12N3S.C15H9N2OS.C15H9N2S2/c1-2-8-15(9-3-1)24-17-11-6-12-22-18(17)19-20(24)23-13-14-7-4-5-10-16(14)21(23)25-19;2*1-18-12-7-4-8-17-13(12)14-15(18)19-9-10-5-2-3-6-11(10)16(19)20-14;1-2-5-10-9(4-1)8-17-14-13(19-15(10)17)12-11(18-14)6-3-7-16-12;1-2-5-10-9(4-1)8-17-14(10)19-13-12-11(18-15(13)17)6-3-7-16-12/h1-12H,13H2;2*2-8H,9H2,1H3;2*1-7H,8H2/q5*+1/i;1D3;;;. The van der Waals surface area contributed by atoms with Crippen molar-refractivity contribution >= 4 is 173 Å². The first kappa shape index (κ1) is 56.3. The number of pyridine rings is 5. The van der Waals surface area contributed by atoms with E-state index in [0.717, 1.165) is 85.1 Å². The molecule has 0 saturated carbocycles. The van der Waals surface area contributed by atoms with Crippen molar-refractivity contribution < 1.29 is 31.4 Å². The molecule has 103 heavy (non-hydrogen) atoms. The SMILES string of the molecule is Cn1c2cccnc2c2sc3[n+](c21)Cc1ccccc1-3.[2H]C([2H])([2H])n1c2cccnc2c2sc3[n+](c21)Cc1ccccc1-3.c1ccc(-n2c3cccnc3c3sc4[n+](c32)Cc2ccccc2-4)cc1.c1ccc2c(c1)C[n+]1c-2sc2c3ncccc3oc21.c1ccc2c(c1)C[n+]1c-2sc2c3ncccc3sc21. The van der Waals surface area contributed by atoms with Gasteiger partial charge in [0.25, 0.3) is 14.8 Å². The third-order valence-corrected chi connectivity index (χ3v) is 27.7. The number of aromatic nitrogens is 13. The van der Waals surface area contributed by atoms with Gasteiger partial charge in [-0.25, -0.2) is 22.8 Å². The zero-order valence-electron chi connectivity index (χ0n) is 57.8. The average molecular weight is 1450 g/mol. The Bertz CT molecular complexity index is 7090. The highest BCUT2D eigenvalue weighted by molar-refractivity contribution is 7.32. The van der Waals surface area contributed by atoms with Crippen LogP contribution in [-0.4, -0.2) is 38.6 Å². The van der Waals surface area contributed by atoms with Gasteiger partial charge >= 0.3 is 22.7 Å². The molecule has 15 aromatic heterocycles. The maximum atomic E-state index is 7.98. The van der Waals surface area contributed by atoms with Gasteiger partial charge in [0.2, 0.25) is 0 Å². The van der Waals surface area contributed by atoms with Crippen molar-refractivity contribution in [3.05, 3.63) is 271 Å². The molecule has 5 aliphatic heterocycles. The number of para-hydroxylation sites is 1. The van der Waals surface area contributed by atoms with E-state index in [1.165, 1.54) is 132 Å². The number of rotatable bonds is 1. The van der Waals surface area contributed by atoms with Crippen molar-refractivity contribution in [2.75, 3.05) is 0 Å². The van der Waals surface area contributed by atoms with Crippen LogP contribution in [0.5, 0.6) is 0 Å². The van der Waals surface area contributed by atoms with Crippen LogP contribution in [-0.2, 0) is 46.7 Å². The van der Waals surface area contributed by atoms with Gasteiger partial charge in [0, 0.05) is 75.5 Å². The van der Waals surface area contributed by atoms with Crippen LogP contribution in [0.1, 0.15) is 31.9 Å². The average Bonchev–Trinajstić information content (AvgIpc) is 1.57. The van der Waals surface area contributed by atoms with E-state index in [0.29, 0.717) is 12.1 Å². The number of benzene rings is 6. The molecule has 0 atom stereocenters. The van der Waals surface area contributed by atoms with Crippen molar-refractivity contribution in [3.8, 4) is 58.5 Å². The van der Waals surface area contributed by atoms with Crippen molar-refractivity contribution in [1.82, 2.24) is 38.6 Å². The van der Waals surface area contributed by atoms with Gasteiger partial charge in [-0.1, -0.05) is 177 Å². The zero-order chi connectivity index (χ0) is 70.2. The molecule has 20 heteroatoms. The minimum absolute atomic E-state index is 0.667. The summed E-state index contributed by atoms with van der Waals surface area (Å²) in [6, 6.07) is 73.5. The highest BCUT2D eigenvalue weighted by Crippen LogP contribution is 2.46. The smallest absolute Gasteiger partial charge is 0.395 e. The molecule has 26 rings (SSSR count). The Morgan fingerprint density at radius 1 is 0.340 bits per heavy atom. The van der Waals surface area contributed by atoms with Crippen LogP contribution >= 0.6 is 68.0 Å². The first-order chi connectivity index (χ1) is 52.1. The van der Waals surface area contributed by atoms with Crippen molar-refractivity contribution in [2.24, 2.45) is 14.0 Å². The highest BCUT2D eigenvalue weighted by atomic mass is 32.1. The minimum atomic E-state index is -2.24. The van der Waals surface area contributed by atoms with Gasteiger partial charge in [-0.2, -0.15) is 9.13 Å². The molecule has 0 radical (unpaired) electrons. The van der Waals surface area contributed by atoms with Gasteiger partial charge in [-0.05, 0) is 103 Å². The lowest BCUT2D eigenvalue weighted by molar-refractivity contribution is -0.648. The number of thiophene rings is 1. The molecule has 14 nitrogen and oxygen atoms in total. The summed E-state index contributed by atoms with van der Waals surface area (Å²) in [6.45, 7) is 2.26. The summed E-state index contributed by atoms with van der Waals surface area (Å²) in [7, 11) is 2.13. The number of hydrogen-bond acceptors (Lipinski definition) is 12. The van der Waals surface area contributed by atoms with E-state index in [4.69, 9.17) is 13.5 Å². The molecule has 0 saturated heterocycles. The molecule has 0 bridgehead atoms. The van der Waals surface area contributed by atoms with Gasteiger partial charge in [0.05, 0.1) is 34.0 Å². The first-order valence-electron chi connectivity index (χ1n) is 35.4. The van der Waals surface area contributed by atoms with E-state index < -0.39 is 6.98 Å². The molecule has 490 valence electrons. The van der Waals surface area contributed by atoms with Gasteiger partial charge < -0.3 is 4.42 Å². The molecule has 0 N–H and O–H groups in total. The molecule has 0 unspecified atom stereocenters. The molecule has 0 amide bonds. The Balaban J connectivity index is 0.0000000830. The Hall–Kier alpha value is -11.4. The number of aryl methyl sites for hydroxylation is 2. The lowest BCUT2D eigenvalue weighted by Gasteiger charge is -2.00. The van der Waals surface area contributed by atoms with E-state index in [1.807, 2.05) is 119 Å². The summed E-state index contributed by atoms with van der Waals surface area (Å²) in [5, 5.41) is 6.45. The van der Waals surface area contributed by atoms with Crippen molar-refractivity contribution in [1.29, 1.82) is 0 Å². The summed E-state index contributed by atoms with van der Waals surface area (Å²) in [4.78, 5) is 24.1. The third-order valence-electron chi connectivity index (χ3n) is 20.3. The van der Waals surface area contributed by atoms with E-state index >= 15 is 0 Å². The Labute approximate surface area is 615 Å². The van der Waals surface area contributed by atoms with E-state index in [1.54, 1.807) is 34.9 Å². The predicted octanol–water partition coefficient (Wildman–Crippen LogP) is 18.0. The van der Waals surface area contributed by atoms with Crippen LogP contribution < -0.4 is 22.8 Å². The predicted molar refractivity (Wildman–Crippen MR) is 417 cm³/mol. The second-order valence-electron chi connectivity index (χ2n) is 26.1. The largest absolute Gasteiger partial charge is 0.402 e. The molecule has 6 aromatic carbocycles. The fraction of sp³-hybridized carbons (Fsp3) is 0.0843. The first-order valence-corrected chi connectivity index (χ1v) is 38.8. The fourth-order valence-electron chi connectivity index (χ4n) is 15.7. The summed E-state index contributed by atoms with van der Waals surface area (Å²) in [5.74, 6) is 0. The second-order valence-corrected chi connectivity index (χ2v) is 32.1. The molecule has 0 fully saturated rings. The lowest BCUT2D eigenvalue weighted by Crippen LogP contribution is -2.32. The summed E-state index contributed by atoms with van der Waals surface area (Å²) in [6.07, 6.45) is 9.19. The summed E-state index contributed by atoms with van der Waals surface area (Å²) < 4.78 is 54.9. The van der Waals surface area contributed by atoms with E-state index in [2.05, 4.69) is 217 Å². The van der Waals surface area contributed by atoms with E-state index in [-0.39, 0.29) is 0 Å². The quantitative estimate of drug-likeness (QED) is 0.151. The number of thiazole rings is 5. The normalized spacial score (nSPS) is 13.5. The highest BCUT2D eigenvalue weighted by Gasteiger charge is 2.39.